The van der Waals surface area contributed by atoms with Gasteiger partial charge in [-0.1, -0.05) is 26.0 Å². The van der Waals surface area contributed by atoms with Crippen molar-refractivity contribution in [2.24, 2.45) is 4.99 Å². The zero-order valence-electron chi connectivity index (χ0n) is 10.1. The van der Waals surface area contributed by atoms with Gasteiger partial charge in [-0.25, -0.2) is 0 Å². The minimum Gasteiger partial charge on any atom is -0.483 e. The summed E-state index contributed by atoms with van der Waals surface area (Å²) in [6.45, 7) is 4.97. The van der Waals surface area contributed by atoms with E-state index in [-0.39, 0.29) is 5.91 Å². The van der Waals surface area contributed by atoms with Crippen molar-refractivity contribution in [1.82, 2.24) is 0 Å². The Morgan fingerprint density at radius 2 is 2.06 bits per heavy atom. The summed E-state index contributed by atoms with van der Waals surface area (Å²) in [5, 5.41) is 0. The van der Waals surface area contributed by atoms with Crippen LogP contribution in [0.4, 0.5) is 5.69 Å². The average molecular weight is 232 g/mol. The standard InChI is InChI=1S/C11H10N2O2.C2H6/c14-11-5-6-12-10-7-15-9-4-2-1-3-8(9)13(10)11;1-2/h1-4H,5-7H2;1-2H3. The number of carbonyl (C=O) groups excluding carboxylic acids is 1. The van der Waals surface area contributed by atoms with Crippen LogP contribution in [0.25, 0.3) is 0 Å². The number of amidine groups is 1. The number of carbonyl (C=O) groups is 1. The molecule has 2 heterocycles. The zero-order valence-corrected chi connectivity index (χ0v) is 10.1. The summed E-state index contributed by atoms with van der Waals surface area (Å²) in [6.07, 6.45) is 0.484. The first-order chi connectivity index (χ1) is 8.36. The summed E-state index contributed by atoms with van der Waals surface area (Å²) in [4.78, 5) is 17.7. The second kappa shape index (κ2) is 4.99. The fourth-order valence-corrected chi connectivity index (χ4v) is 1.90. The van der Waals surface area contributed by atoms with Crippen molar-refractivity contribution in [3.05, 3.63) is 24.3 Å². The van der Waals surface area contributed by atoms with E-state index in [4.69, 9.17) is 4.74 Å². The molecule has 2 aliphatic rings. The summed E-state index contributed by atoms with van der Waals surface area (Å²) in [7, 11) is 0. The number of para-hydroxylation sites is 2. The maximum absolute atomic E-state index is 11.8. The van der Waals surface area contributed by atoms with Crippen molar-refractivity contribution in [1.29, 1.82) is 0 Å². The van der Waals surface area contributed by atoms with E-state index in [1.807, 2.05) is 38.1 Å². The summed E-state index contributed by atoms with van der Waals surface area (Å²) in [5.41, 5.74) is 0.812. The van der Waals surface area contributed by atoms with Gasteiger partial charge in [-0.3, -0.25) is 14.7 Å². The summed E-state index contributed by atoms with van der Waals surface area (Å²) >= 11 is 0. The molecule has 3 rings (SSSR count). The third-order valence-electron chi connectivity index (χ3n) is 2.59. The lowest BCUT2D eigenvalue weighted by Gasteiger charge is -2.32. The number of ether oxygens (including phenoxy) is 1. The molecule has 1 aromatic carbocycles. The number of amides is 1. The van der Waals surface area contributed by atoms with Crippen LogP contribution in [0.15, 0.2) is 29.3 Å². The van der Waals surface area contributed by atoms with Gasteiger partial charge in [0, 0.05) is 13.0 Å². The Hall–Kier alpha value is -1.84. The normalized spacial score (nSPS) is 16.9. The van der Waals surface area contributed by atoms with Crippen molar-refractivity contribution in [2.45, 2.75) is 20.3 Å². The molecule has 0 bridgehead atoms. The van der Waals surface area contributed by atoms with Crippen LogP contribution >= 0.6 is 0 Å². The number of benzene rings is 1. The molecule has 0 unspecified atom stereocenters. The van der Waals surface area contributed by atoms with E-state index < -0.39 is 0 Å². The molecule has 0 N–H and O–H groups in total. The number of rotatable bonds is 0. The van der Waals surface area contributed by atoms with Gasteiger partial charge < -0.3 is 4.74 Å². The highest BCUT2D eigenvalue weighted by Gasteiger charge is 2.30. The first-order valence-corrected chi connectivity index (χ1v) is 5.94. The molecule has 0 fully saturated rings. The first-order valence-electron chi connectivity index (χ1n) is 5.94. The van der Waals surface area contributed by atoms with Crippen LogP contribution < -0.4 is 9.64 Å². The molecule has 0 atom stereocenters. The van der Waals surface area contributed by atoms with Crippen molar-refractivity contribution in [3.8, 4) is 5.75 Å². The van der Waals surface area contributed by atoms with E-state index >= 15 is 0 Å². The lowest BCUT2D eigenvalue weighted by molar-refractivity contribution is -0.117. The van der Waals surface area contributed by atoms with Crippen molar-refractivity contribution >= 4 is 17.4 Å². The monoisotopic (exact) mass is 232 g/mol. The zero-order chi connectivity index (χ0) is 12.3. The molecule has 90 valence electrons. The molecule has 17 heavy (non-hydrogen) atoms. The molecule has 1 aromatic rings. The fraction of sp³-hybridized carbons (Fsp3) is 0.385. The Labute approximate surface area is 101 Å². The Morgan fingerprint density at radius 3 is 2.88 bits per heavy atom. The molecule has 0 aliphatic carbocycles. The van der Waals surface area contributed by atoms with Gasteiger partial charge in [0.2, 0.25) is 5.91 Å². The van der Waals surface area contributed by atoms with Crippen LogP contribution in [0.5, 0.6) is 5.75 Å². The second-order valence-electron chi connectivity index (χ2n) is 3.53. The Kier molecular flexibility index (Phi) is 3.42. The van der Waals surface area contributed by atoms with Crippen molar-refractivity contribution in [2.75, 3.05) is 18.1 Å². The van der Waals surface area contributed by atoms with Crippen LogP contribution in [0.2, 0.25) is 0 Å². The van der Waals surface area contributed by atoms with Gasteiger partial charge >= 0.3 is 0 Å². The van der Waals surface area contributed by atoms with Crippen molar-refractivity contribution in [3.63, 3.8) is 0 Å². The fourth-order valence-electron chi connectivity index (χ4n) is 1.90. The second-order valence-corrected chi connectivity index (χ2v) is 3.53. The van der Waals surface area contributed by atoms with Crippen LogP contribution in [0.1, 0.15) is 20.3 Å². The van der Waals surface area contributed by atoms with Gasteiger partial charge in [0.05, 0.1) is 5.69 Å². The van der Waals surface area contributed by atoms with E-state index in [1.165, 1.54) is 0 Å². The van der Waals surface area contributed by atoms with E-state index in [0.29, 0.717) is 19.6 Å². The summed E-state index contributed by atoms with van der Waals surface area (Å²) in [6, 6.07) is 7.55. The van der Waals surface area contributed by atoms with E-state index in [9.17, 15) is 4.79 Å². The SMILES string of the molecule is CC.O=C1CCN=C2COc3ccccc3N12. The third kappa shape index (κ3) is 2.02. The van der Waals surface area contributed by atoms with Crippen LogP contribution in [-0.2, 0) is 4.79 Å². The molecule has 0 spiro atoms. The quantitative estimate of drug-likeness (QED) is 0.688. The molecule has 4 nitrogen and oxygen atoms in total. The maximum Gasteiger partial charge on any atom is 0.234 e. The molecule has 4 heteroatoms. The van der Waals surface area contributed by atoms with E-state index in [0.717, 1.165) is 17.3 Å². The number of aliphatic imine (C=N–C) groups is 1. The van der Waals surface area contributed by atoms with Crippen molar-refractivity contribution < 1.29 is 9.53 Å². The highest BCUT2D eigenvalue weighted by molar-refractivity contribution is 6.20. The van der Waals surface area contributed by atoms with Gasteiger partial charge in [0.25, 0.3) is 0 Å². The number of fused-ring (bicyclic) bond motifs is 3. The molecule has 0 saturated heterocycles. The van der Waals surface area contributed by atoms with Gasteiger partial charge in [0.1, 0.15) is 18.2 Å². The lowest BCUT2D eigenvalue weighted by Crippen LogP contribution is -2.46. The largest absolute Gasteiger partial charge is 0.483 e. The third-order valence-corrected chi connectivity index (χ3v) is 2.59. The number of hydrogen-bond donors (Lipinski definition) is 0. The van der Waals surface area contributed by atoms with Gasteiger partial charge in [-0.15, -0.1) is 0 Å². The molecule has 1 amide bonds. The Bertz CT molecular complexity index is 454. The van der Waals surface area contributed by atoms with Crippen LogP contribution in [0.3, 0.4) is 0 Å². The Morgan fingerprint density at radius 1 is 1.29 bits per heavy atom. The highest BCUT2D eigenvalue weighted by Crippen LogP contribution is 2.33. The van der Waals surface area contributed by atoms with Crippen LogP contribution in [0, 0.1) is 0 Å². The average Bonchev–Trinajstić information content (AvgIpc) is 2.41. The van der Waals surface area contributed by atoms with Crippen LogP contribution in [-0.4, -0.2) is 24.9 Å². The molecule has 0 aromatic heterocycles. The first kappa shape index (κ1) is 11.6. The van der Waals surface area contributed by atoms with Gasteiger partial charge in [-0.2, -0.15) is 0 Å². The molecular weight excluding hydrogens is 216 g/mol. The summed E-state index contributed by atoms with van der Waals surface area (Å²) < 4.78 is 5.52. The molecule has 0 radical (unpaired) electrons. The molecule has 0 saturated carbocycles. The maximum atomic E-state index is 11.8. The number of nitrogens with zero attached hydrogens (tertiary/aromatic N) is 2. The highest BCUT2D eigenvalue weighted by atomic mass is 16.5. The predicted molar refractivity (Wildman–Crippen MR) is 67.7 cm³/mol. The van der Waals surface area contributed by atoms with Gasteiger partial charge in [0.15, 0.2) is 0 Å². The number of hydrogen-bond acceptors (Lipinski definition) is 3. The number of anilines is 1. The lowest BCUT2D eigenvalue weighted by atomic mass is 10.2. The van der Waals surface area contributed by atoms with E-state index in [2.05, 4.69) is 4.99 Å². The molecule has 2 aliphatic heterocycles. The minimum atomic E-state index is 0.107. The Balaban J connectivity index is 0.000000514. The topological polar surface area (TPSA) is 41.9 Å². The molecular formula is C13H16N2O2. The predicted octanol–water partition coefficient (Wildman–Crippen LogP) is 2.24. The smallest absolute Gasteiger partial charge is 0.234 e. The van der Waals surface area contributed by atoms with Gasteiger partial charge in [-0.05, 0) is 12.1 Å². The summed E-state index contributed by atoms with van der Waals surface area (Å²) in [5.74, 6) is 1.59. The minimum absolute atomic E-state index is 0.107. The van der Waals surface area contributed by atoms with E-state index in [1.54, 1.807) is 4.90 Å².